The van der Waals surface area contributed by atoms with Crippen molar-refractivity contribution in [3.8, 4) is 5.75 Å². The van der Waals surface area contributed by atoms with E-state index < -0.39 is 29.5 Å². The molecule has 1 amide bonds. The quantitative estimate of drug-likeness (QED) is 0.908. The van der Waals surface area contributed by atoms with Gasteiger partial charge in [0, 0.05) is 12.0 Å². The van der Waals surface area contributed by atoms with Crippen LogP contribution in [-0.2, 0) is 16.0 Å². The highest BCUT2D eigenvalue weighted by atomic mass is 19.1. The molecular formula is C15H18FNO5. The largest absolute Gasteiger partial charge is 0.496 e. The second kappa shape index (κ2) is 5.47. The highest BCUT2D eigenvalue weighted by Gasteiger charge is 2.43. The second-order valence-electron chi connectivity index (χ2n) is 5.99. The Kier molecular flexibility index (Phi) is 4.00. The highest BCUT2D eigenvalue weighted by Crippen LogP contribution is 2.41. The summed E-state index contributed by atoms with van der Waals surface area (Å²) < 4.78 is 24.5. The first-order valence-electron chi connectivity index (χ1n) is 6.76. The molecule has 0 saturated carbocycles. The van der Waals surface area contributed by atoms with Crippen LogP contribution < -0.4 is 9.64 Å². The van der Waals surface area contributed by atoms with E-state index in [0.717, 1.165) is 11.0 Å². The molecule has 0 saturated heterocycles. The van der Waals surface area contributed by atoms with Gasteiger partial charge in [0.15, 0.2) is 0 Å². The lowest BCUT2D eigenvalue weighted by atomic mass is 10.1. The third-order valence-corrected chi connectivity index (χ3v) is 3.24. The zero-order chi connectivity index (χ0) is 16.7. The number of hydrogen-bond donors (Lipinski definition) is 1. The van der Waals surface area contributed by atoms with Crippen LogP contribution in [-0.4, -0.2) is 35.9 Å². The number of carbonyl (C=O) groups is 2. The van der Waals surface area contributed by atoms with Crippen molar-refractivity contribution in [1.82, 2.24) is 0 Å². The van der Waals surface area contributed by atoms with E-state index in [1.807, 2.05) is 0 Å². The molecule has 7 heteroatoms. The number of halogens is 1. The van der Waals surface area contributed by atoms with Gasteiger partial charge in [0.2, 0.25) is 0 Å². The Hall–Kier alpha value is -2.31. The Labute approximate surface area is 127 Å². The minimum atomic E-state index is -1.23. The summed E-state index contributed by atoms with van der Waals surface area (Å²) in [5, 5.41) is 9.34. The molecule has 0 fully saturated rings. The van der Waals surface area contributed by atoms with Crippen molar-refractivity contribution < 1.29 is 28.6 Å². The van der Waals surface area contributed by atoms with E-state index in [1.54, 1.807) is 20.8 Å². The second-order valence-corrected chi connectivity index (χ2v) is 5.99. The number of carboxylic acid groups (broad SMARTS) is 1. The topological polar surface area (TPSA) is 76.1 Å². The molecule has 0 spiro atoms. The van der Waals surface area contributed by atoms with Crippen molar-refractivity contribution in [3.05, 3.63) is 23.5 Å². The number of benzene rings is 1. The van der Waals surface area contributed by atoms with Gasteiger partial charge in [-0.05, 0) is 32.9 Å². The zero-order valence-corrected chi connectivity index (χ0v) is 12.8. The van der Waals surface area contributed by atoms with Crippen molar-refractivity contribution in [1.29, 1.82) is 0 Å². The van der Waals surface area contributed by atoms with E-state index in [-0.39, 0.29) is 12.1 Å². The van der Waals surface area contributed by atoms with Gasteiger partial charge in [-0.2, -0.15) is 0 Å². The number of methoxy groups -OCH3 is 1. The summed E-state index contributed by atoms with van der Waals surface area (Å²) in [4.78, 5) is 24.6. The molecule has 1 unspecified atom stereocenters. The fraction of sp³-hybridized carbons (Fsp3) is 0.467. The van der Waals surface area contributed by atoms with E-state index in [2.05, 4.69) is 0 Å². The van der Waals surface area contributed by atoms with Gasteiger partial charge >= 0.3 is 12.1 Å². The van der Waals surface area contributed by atoms with E-state index in [4.69, 9.17) is 9.47 Å². The Morgan fingerprint density at radius 2 is 2.00 bits per heavy atom. The van der Waals surface area contributed by atoms with Gasteiger partial charge in [0.1, 0.15) is 23.2 Å². The minimum absolute atomic E-state index is 0.0369. The lowest BCUT2D eigenvalue weighted by Crippen LogP contribution is -2.45. The van der Waals surface area contributed by atoms with Crippen LogP contribution >= 0.6 is 0 Å². The number of carbonyl (C=O) groups excluding carboxylic acids is 1. The molecule has 120 valence electrons. The molecule has 1 N–H and O–H groups in total. The number of nitrogens with zero attached hydrogens (tertiary/aromatic N) is 1. The van der Waals surface area contributed by atoms with Crippen LogP contribution in [0, 0.1) is 5.82 Å². The SMILES string of the molecule is COc1ccc(F)c2c1CC(C(=O)O)N2C(=O)OC(C)(C)C. The average Bonchev–Trinajstić information content (AvgIpc) is 2.78. The molecule has 1 aliphatic rings. The fourth-order valence-corrected chi connectivity index (χ4v) is 2.41. The van der Waals surface area contributed by atoms with Gasteiger partial charge in [-0.15, -0.1) is 0 Å². The molecule has 1 atom stereocenters. The summed E-state index contributed by atoms with van der Waals surface area (Å²) in [6, 6.07) is 1.32. The highest BCUT2D eigenvalue weighted by molar-refractivity contribution is 5.99. The van der Waals surface area contributed by atoms with Crippen molar-refractivity contribution >= 4 is 17.7 Å². The first kappa shape index (κ1) is 16.1. The lowest BCUT2D eigenvalue weighted by molar-refractivity contribution is -0.138. The molecule has 0 bridgehead atoms. The number of rotatable bonds is 2. The maximum Gasteiger partial charge on any atom is 0.415 e. The Balaban J connectivity index is 2.52. The summed E-state index contributed by atoms with van der Waals surface area (Å²) in [5.74, 6) is -1.58. The van der Waals surface area contributed by atoms with Crippen LogP contribution in [0.5, 0.6) is 5.75 Å². The van der Waals surface area contributed by atoms with Crippen LogP contribution in [0.3, 0.4) is 0 Å². The van der Waals surface area contributed by atoms with E-state index in [0.29, 0.717) is 11.3 Å². The van der Waals surface area contributed by atoms with Crippen LogP contribution in [0.1, 0.15) is 26.3 Å². The number of carboxylic acids is 1. The Morgan fingerprint density at radius 1 is 1.36 bits per heavy atom. The average molecular weight is 311 g/mol. The van der Waals surface area contributed by atoms with Crippen LogP contribution in [0.25, 0.3) is 0 Å². The van der Waals surface area contributed by atoms with Crippen LogP contribution in [0.2, 0.25) is 0 Å². The smallest absolute Gasteiger partial charge is 0.415 e. The molecule has 0 aromatic heterocycles. The summed E-state index contributed by atoms with van der Waals surface area (Å²) >= 11 is 0. The molecule has 1 aromatic rings. The van der Waals surface area contributed by atoms with Crippen molar-refractivity contribution in [2.45, 2.75) is 38.8 Å². The molecule has 1 aromatic carbocycles. The van der Waals surface area contributed by atoms with Gasteiger partial charge in [0.05, 0.1) is 12.8 Å². The zero-order valence-electron chi connectivity index (χ0n) is 12.8. The maximum atomic E-state index is 14.2. The Bertz CT molecular complexity index is 623. The number of anilines is 1. The number of aliphatic carboxylic acids is 1. The molecule has 0 radical (unpaired) electrons. The van der Waals surface area contributed by atoms with Gasteiger partial charge in [0.25, 0.3) is 0 Å². The van der Waals surface area contributed by atoms with Gasteiger partial charge in [-0.3, -0.25) is 4.90 Å². The standard InChI is InChI=1S/C15H18FNO5/c1-15(2,3)22-14(20)17-10(13(18)19)7-8-11(21-4)6-5-9(16)12(8)17/h5-6,10H,7H2,1-4H3,(H,18,19). The summed E-state index contributed by atoms with van der Waals surface area (Å²) in [5.41, 5.74) is -0.570. The number of ether oxygens (including phenoxy) is 2. The molecule has 1 aliphatic heterocycles. The molecule has 1 heterocycles. The van der Waals surface area contributed by atoms with Crippen molar-refractivity contribution in [2.75, 3.05) is 12.0 Å². The van der Waals surface area contributed by atoms with E-state index >= 15 is 0 Å². The summed E-state index contributed by atoms with van der Waals surface area (Å²) in [7, 11) is 1.40. The molecular weight excluding hydrogens is 293 g/mol. The molecule has 22 heavy (non-hydrogen) atoms. The summed E-state index contributed by atoms with van der Waals surface area (Å²) in [6.45, 7) is 4.96. The predicted octanol–water partition coefficient (Wildman–Crippen LogP) is 2.59. The first-order valence-corrected chi connectivity index (χ1v) is 6.76. The molecule has 0 aliphatic carbocycles. The maximum absolute atomic E-state index is 14.2. The first-order chi connectivity index (χ1) is 10.2. The Morgan fingerprint density at radius 3 is 2.50 bits per heavy atom. The normalized spacial score (nSPS) is 17.1. The molecule has 6 nitrogen and oxygen atoms in total. The fourth-order valence-electron chi connectivity index (χ4n) is 2.41. The summed E-state index contributed by atoms with van der Waals surface area (Å²) in [6.07, 6.45) is -0.934. The molecule has 2 rings (SSSR count). The third-order valence-electron chi connectivity index (χ3n) is 3.24. The number of fused-ring (bicyclic) bond motifs is 1. The monoisotopic (exact) mass is 311 g/mol. The predicted molar refractivity (Wildman–Crippen MR) is 76.8 cm³/mol. The van der Waals surface area contributed by atoms with Crippen molar-refractivity contribution in [2.24, 2.45) is 0 Å². The third kappa shape index (κ3) is 2.84. The van der Waals surface area contributed by atoms with Gasteiger partial charge < -0.3 is 14.6 Å². The number of hydrogen-bond acceptors (Lipinski definition) is 4. The van der Waals surface area contributed by atoms with E-state index in [9.17, 15) is 19.1 Å². The van der Waals surface area contributed by atoms with E-state index in [1.165, 1.54) is 13.2 Å². The van der Waals surface area contributed by atoms with Gasteiger partial charge in [-0.1, -0.05) is 0 Å². The lowest BCUT2D eigenvalue weighted by Gasteiger charge is -2.27. The van der Waals surface area contributed by atoms with Crippen LogP contribution in [0.15, 0.2) is 12.1 Å². The number of amides is 1. The van der Waals surface area contributed by atoms with Crippen molar-refractivity contribution in [3.63, 3.8) is 0 Å². The van der Waals surface area contributed by atoms with Gasteiger partial charge in [-0.25, -0.2) is 14.0 Å². The van der Waals surface area contributed by atoms with Crippen LogP contribution in [0.4, 0.5) is 14.9 Å². The minimum Gasteiger partial charge on any atom is -0.496 e.